The zero-order valence-electron chi connectivity index (χ0n) is 8.37. The van der Waals surface area contributed by atoms with Crippen LogP contribution in [-0.2, 0) is 9.53 Å². The molecule has 0 spiro atoms. The number of halogens is 1. The summed E-state index contributed by atoms with van der Waals surface area (Å²) in [6.07, 6.45) is 3.07. The number of rotatable bonds is 3. The third-order valence-electron chi connectivity index (χ3n) is 1.72. The van der Waals surface area contributed by atoms with Crippen molar-refractivity contribution in [3.63, 3.8) is 0 Å². The largest absolute Gasteiger partial charge is 0.463 e. The molecule has 1 aromatic carbocycles. The molecule has 0 fully saturated rings. The second kappa shape index (κ2) is 5.56. The van der Waals surface area contributed by atoms with Gasteiger partial charge >= 0.3 is 5.97 Å². The van der Waals surface area contributed by atoms with Crippen LogP contribution in [0.4, 0.5) is 5.69 Å². The van der Waals surface area contributed by atoms with Crippen molar-refractivity contribution in [3.05, 3.63) is 34.3 Å². The molecule has 15 heavy (non-hydrogen) atoms. The average molecular weight is 270 g/mol. The van der Waals surface area contributed by atoms with Gasteiger partial charge in [-0.25, -0.2) is 4.79 Å². The minimum Gasteiger partial charge on any atom is -0.463 e. The number of nitrogens with two attached hydrogens (primary N) is 1. The highest BCUT2D eigenvalue weighted by molar-refractivity contribution is 9.10. The van der Waals surface area contributed by atoms with Crippen LogP contribution in [0.15, 0.2) is 28.7 Å². The van der Waals surface area contributed by atoms with Gasteiger partial charge in [-0.3, -0.25) is 0 Å². The molecule has 3 nitrogen and oxygen atoms in total. The molecule has 2 N–H and O–H groups in total. The molecule has 0 heterocycles. The molecule has 80 valence electrons. The van der Waals surface area contributed by atoms with Crippen LogP contribution in [0.5, 0.6) is 0 Å². The van der Waals surface area contributed by atoms with Crippen LogP contribution in [-0.4, -0.2) is 12.6 Å². The van der Waals surface area contributed by atoms with Crippen molar-refractivity contribution in [1.29, 1.82) is 0 Å². The smallest absolute Gasteiger partial charge is 0.330 e. The van der Waals surface area contributed by atoms with Gasteiger partial charge in [-0.1, -0.05) is 6.07 Å². The molecule has 0 aliphatic heterocycles. The van der Waals surface area contributed by atoms with Gasteiger partial charge in [0.25, 0.3) is 0 Å². The van der Waals surface area contributed by atoms with E-state index in [9.17, 15) is 4.79 Å². The van der Waals surface area contributed by atoms with Crippen molar-refractivity contribution in [2.24, 2.45) is 0 Å². The molecular formula is C11H12BrNO2. The molecule has 0 saturated carbocycles. The van der Waals surface area contributed by atoms with Crippen LogP contribution in [0.1, 0.15) is 12.5 Å². The Morgan fingerprint density at radius 1 is 1.60 bits per heavy atom. The van der Waals surface area contributed by atoms with E-state index in [0.717, 1.165) is 10.0 Å². The lowest BCUT2D eigenvalue weighted by Gasteiger charge is -1.99. The Hall–Kier alpha value is -1.29. The number of nitrogen functional groups attached to an aromatic ring is 1. The summed E-state index contributed by atoms with van der Waals surface area (Å²) in [6, 6.07) is 5.44. The predicted octanol–water partition coefficient (Wildman–Crippen LogP) is 2.61. The predicted molar refractivity (Wildman–Crippen MR) is 64.2 cm³/mol. The highest BCUT2D eigenvalue weighted by Crippen LogP contribution is 2.20. The normalized spacial score (nSPS) is 10.5. The highest BCUT2D eigenvalue weighted by Gasteiger charge is 1.97. The molecule has 0 amide bonds. The second-order valence-electron chi connectivity index (χ2n) is 2.87. The first-order valence-corrected chi connectivity index (χ1v) is 5.32. The first-order chi connectivity index (χ1) is 7.13. The number of esters is 1. The van der Waals surface area contributed by atoms with Crippen LogP contribution in [0.25, 0.3) is 6.08 Å². The minimum atomic E-state index is -0.342. The highest BCUT2D eigenvalue weighted by atomic mass is 79.9. The van der Waals surface area contributed by atoms with E-state index < -0.39 is 0 Å². The molecule has 0 aliphatic rings. The third-order valence-corrected chi connectivity index (χ3v) is 2.41. The van der Waals surface area contributed by atoms with Crippen molar-refractivity contribution in [2.75, 3.05) is 12.3 Å². The van der Waals surface area contributed by atoms with Crippen LogP contribution in [0.2, 0.25) is 0 Å². The number of carbonyl (C=O) groups is 1. The lowest BCUT2D eigenvalue weighted by Crippen LogP contribution is -1.98. The van der Waals surface area contributed by atoms with Gasteiger partial charge in [-0.15, -0.1) is 0 Å². The van der Waals surface area contributed by atoms with Gasteiger partial charge in [0.2, 0.25) is 0 Å². The van der Waals surface area contributed by atoms with E-state index in [-0.39, 0.29) is 5.97 Å². The summed E-state index contributed by atoms with van der Waals surface area (Å²) in [5.74, 6) is -0.342. The van der Waals surface area contributed by atoms with Gasteiger partial charge < -0.3 is 10.5 Å². The van der Waals surface area contributed by atoms with E-state index >= 15 is 0 Å². The number of benzene rings is 1. The molecule has 0 bridgehead atoms. The molecule has 0 aliphatic carbocycles. The molecule has 0 aromatic heterocycles. The van der Waals surface area contributed by atoms with Crippen molar-refractivity contribution in [2.45, 2.75) is 6.92 Å². The molecular weight excluding hydrogens is 258 g/mol. The van der Waals surface area contributed by atoms with Crippen molar-refractivity contribution < 1.29 is 9.53 Å². The van der Waals surface area contributed by atoms with Crippen LogP contribution < -0.4 is 5.73 Å². The number of hydrogen-bond donors (Lipinski definition) is 1. The van der Waals surface area contributed by atoms with E-state index in [0.29, 0.717) is 12.3 Å². The van der Waals surface area contributed by atoms with Gasteiger partial charge in [0.15, 0.2) is 0 Å². The Morgan fingerprint density at radius 2 is 2.33 bits per heavy atom. The summed E-state index contributed by atoms with van der Waals surface area (Å²) in [4.78, 5) is 11.0. The van der Waals surface area contributed by atoms with Crippen molar-refractivity contribution in [3.8, 4) is 0 Å². The average Bonchev–Trinajstić information content (AvgIpc) is 2.20. The number of ether oxygens (including phenoxy) is 1. The molecule has 0 radical (unpaired) electrons. The van der Waals surface area contributed by atoms with Crippen LogP contribution in [0.3, 0.4) is 0 Å². The van der Waals surface area contributed by atoms with Crippen molar-refractivity contribution in [1.82, 2.24) is 0 Å². The Labute approximate surface area is 97.0 Å². The molecule has 1 rings (SSSR count). The third kappa shape index (κ3) is 3.75. The first kappa shape index (κ1) is 11.8. The molecule has 1 aromatic rings. The van der Waals surface area contributed by atoms with Gasteiger partial charge in [0.1, 0.15) is 0 Å². The first-order valence-electron chi connectivity index (χ1n) is 4.53. The summed E-state index contributed by atoms with van der Waals surface area (Å²) < 4.78 is 5.57. The Kier molecular flexibility index (Phi) is 4.37. The topological polar surface area (TPSA) is 52.3 Å². The Balaban J connectivity index is 2.72. The summed E-state index contributed by atoms with van der Waals surface area (Å²) >= 11 is 3.31. The van der Waals surface area contributed by atoms with Gasteiger partial charge in [0.05, 0.1) is 6.61 Å². The zero-order valence-corrected chi connectivity index (χ0v) is 9.95. The molecule has 0 saturated heterocycles. The fourth-order valence-electron chi connectivity index (χ4n) is 1.00. The van der Waals surface area contributed by atoms with E-state index in [4.69, 9.17) is 10.5 Å². The van der Waals surface area contributed by atoms with Crippen LogP contribution >= 0.6 is 15.9 Å². The number of anilines is 1. The molecule has 0 atom stereocenters. The quantitative estimate of drug-likeness (QED) is 0.522. The summed E-state index contributed by atoms with van der Waals surface area (Å²) in [7, 11) is 0. The lowest BCUT2D eigenvalue weighted by atomic mass is 10.2. The number of hydrogen-bond acceptors (Lipinski definition) is 3. The minimum absolute atomic E-state index is 0.342. The maximum Gasteiger partial charge on any atom is 0.330 e. The zero-order chi connectivity index (χ0) is 11.3. The maximum absolute atomic E-state index is 11.0. The van der Waals surface area contributed by atoms with Crippen molar-refractivity contribution >= 4 is 33.7 Å². The molecule has 0 unspecified atom stereocenters. The van der Waals surface area contributed by atoms with E-state index in [1.54, 1.807) is 19.1 Å². The monoisotopic (exact) mass is 269 g/mol. The summed E-state index contributed by atoms with van der Waals surface area (Å²) in [5, 5.41) is 0. The van der Waals surface area contributed by atoms with E-state index in [2.05, 4.69) is 15.9 Å². The molecule has 4 heteroatoms. The van der Waals surface area contributed by atoms with Gasteiger partial charge in [-0.05, 0) is 46.6 Å². The Bertz CT molecular complexity index is 388. The fraction of sp³-hybridized carbons (Fsp3) is 0.182. The van der Waals surface area contributed by atoms with Gasteiger partial charge in [-0.2, -0.15) is 0 Å². The van der Waals surface area contributed by atoms with Crippen LogP contribution in [0, 0.1) is 0 Å². The van der Waals surface area contributed by atoms with E-state index in [1.807, 2.05) is 12.1 Å². The maximum atomic E-state index is 11.0. The fourth-order valence-corrected chi connectivity index (χ4v) is 1.40. The lowest BCUT2D eigenvalue weighted by molar-refractivity contribution is -0.137. The summed E-state index contributed by atoms with van der Waals surface area (Å²) in [5.41, 5.74) is 7.19. The standard InChI is InChI=1S/C11H12BrNO2/c1-2-15-11(14)6-4-8-3-5-10(13)9(12)7-8/h3-7H,2,13H2,1H3/b6-4+. The SMILES string of the molecule is CCOC(=O)/C=C/c1ccc(N)c(Br)c1. The summed E-state index contributed by atoms with van der Waals surface area (Å²) in [6.45, 7) is 2.15. The van der Waals surface area contributed by atoms with Gasteiger partial charge in [0, 0.05) is 16.2 Å². The second-order valence-corrected chi connectivity index (χ2v) is 3.72. The number of carbonyl (C=O) groups excluding carboxylic acids is 1. The van der Waals surface area contributed by atoms with E-state index in [1.165, 1.54) is 6.08 Å². The Morgan fingerprint density at radius 3 is 2.93 bits per heavy atom.